The molecule has 1 rings (SSSR count). The Morgan fingerprint density at radius 2 is 2.00 bits per heavy atom. The number of nitrogens with zero attached hydrogens (tertiary/aromatic N) is 1. The average molecular weight is 265 g/mol. The second-order valence-electron chi connectivity index (χ2n) is 4.67. The molecule has 0 aliphatic carbocycles. The molecule has 1 heterocycles. The summed E-state index contributed by atoms with van der Waals surface area (Å²) in [4.78, 5) is 14.5. The van der Waals surface area contributed by atoms with Gasteiger partial charge in [-0.25, -0.2) is 9.78 Å². The highest BCUT2D eigenvalue weighted by molar-refractivity contribution is 5.85. The molecule has 0 saturated carbocycles. The Hall–Kier alpha value is -1.42. The molecule has 0 radical (unpaired) electrons. The molecule has 4 nitrogen and oxygen atoms in total. The lowest BCUT2D eigenvalue weighted by atomic mass is 10.1. The molecule has 0 aliphatic heterocycles. The van der Waals surface area contributed by atoms with Gasteiger partial charge in [-0.15, -0.1) is 0 Å². The Balaban J connectivity index is 2.12. The zero-order valence-electron chi connectivity index (χ0n) is 11.6. The standard InChI is InChI=1S/C15H23NO3/c1-2-3-4-5-6-7-10-19-12-13-8-9-16-14(11-13)15(17)18/h8-9,11H,2-7,10,12H2,1H3,(H,17,18). The van der Waals surface area contributed by atoms with Crippen LogP contribution in [-0.4, -0.2) is 22.7 Å². The number of hydrogen-bond acceptors (Lipinski definition) is 3. The average Bonchev–Trinajstić information content (AvgIpc) is 2.42. The molecule has 106 valence electrons. The van der Waals surface area contributed by atoms with E-state index in [-0.39, 0.29) is 5.69 Å². The predicted molar refractivity (Wildman–Crippen MR) is 74.2 cm³/mol. The summed E-state index contributed by atoms with van der Waals surface area (Å²) in [6.07, 6.45) is 8.95. The van der Waals surface area contributed by atoms with Crippen LogP contribution in [0.15, 0.2) is 18.3 Å². The van der Waals surface area contributed by atoms with E-state index in [1.54, 1.807) is 12.1 Å². The van der Waals surface area contributed by atoms with Crippen molar-refractivity contribution in [1.82, 2.24) is 4.98 Å². The van der Waals surface area contributed by atoms with Gasteiger partial charge in [0.1, 0.15) is 5.69 Å². The Kier molecular flexibility index (Phi) is 7.82. The van der Waals surface area contributed by atoms with Crippen molar-refractivity contribution in [1.29, 1.82) is 0 Å². The van der Waals surface area contributed by atoms with Gasteiger partial charge in [-0.2, -0.15) is 0 Å². The molecule has 19 heavy (non-hydrogen) atoms. The molecule has 0 saturated heterocycles. The molecular weight excluding hydrogens is 242 g/mol. The van der Waals surface area contributed by atoms with Gasteiger partial charge < -0.3 is 9.84 Å². The van der Waals surface area contributed by atoms with Gasteiger partial charge in [-0.1, -0.05) is 39.0 Å². The van der Waals surface area contributed by atoms with Crippen LogP contribution in [0.25, 0.3) is 0 Å². The van der Waals surface area contributed by atoms with Gasteiger partial charge in [0.2, 0.25) is 0 Å². The van der Waals surface area contributed by atoms with Crippen molar-refractivity contribution in [2.45, 2.75) is 52.1 Å². The van der Waals surface area contributed by atoms with Crippen molar-refractivity contribution in [3.63, 3.8) is 0 Å². The molecule has 1 aromatic heterocycles. The van der Waals surface area contributed by atoms with Gasteiger partial charge >= 0.3 is 5.97 Å². The van der Waals surface area contributed by atoms with Gasteiger partial charge in [-0.3, -0.25) is 0 Å². The van der Waals surface area contributed by atoms with Crippen LogP contribution in [-0.2, 0) is 11.3 Å². The van der Waals surface area contributed by atoms with Crippen molar-refractivity contribution < 1.29 is 14.6 Å². The van der Waals surface area contributed by atoms with Crippen LogP contribution in [0, 0.1) is 0 Å². The van der Waals surface area contributed by atoms with Gasteiger partial charge in [-0.05, 0) is 24.1 Å². The molecule has 0 aromatic carbocycles. The zero-order chi connectivity index (χ0) is 13.9. The fourth-order valence-corrected chi connectivity index (χ4v) is 1.86. The van der Waals surface area contributed by atoms with Crippen LogP contribution in [0.2, 0.25) is 0 Å². The number of aromatic carboxylic acids is 1. The van der Waals surface area contributed by atoms with E-state index in [2.05, 4.69) is 11.9 Å². The highest BCUT2D eigenvalue weighted by Crippen LogP contribution is 2.07. The minimum absolute atomic E-state index is 0.0701. The summed E-state index contributed by atoms with van der Waals surface area (Å²) in [6.45, 7) is 3.40. The predicted octanol–water partition coefficient (Wildman–Crippen LogP) is 3.66. The summed E-state index contributed by atoms with van der Waals surface area (Å²) in [5.41, 5.74) is 0.930. The van der Waals surface area contributed by atoms with E-state index in [4.69, 9.17) is 9.84 Å². The number of carboxylic acids is 1. The van der Waals surface area contributed by atoms with Crippen molar-refractivity contribution in [3.05, 3.63) is 29.6 Å². The number of hydrogen-bond donors (Lipinski definition) is 1. The Morgan fingerprint density at radius 3 is 2.74 bits per heavy atom. The topological polar surface area (TPSA) is 59.4 Å². The summed E-state index contributed by atoms with van der Waals surface area (Å²) < 4.78 is 5.54. The highest BCUT2D eigenvalue weighted by atomic mass is 16.5. The van der Waals surface area contributed by atoms with Crippen LogP contribution in [0.3, 0.4) is 0 Å². The second-order valence-corrected chi connectivity index (χ2v) is 4.67. The van der Waals surface area contributed by atoms with E-state index in [1.165, 1.54) is 38.3 Å². The quantitative estimate of drug-likeness (QED) is 0.656. The van der Waals surface area contributed by atoms with E-state index in [1.807, 2.05) is 0 Å². The summed E-state index contributed by atoms with van der Waals surface area (Å²) in [7, 11) is 0. The number of rotatable bonds is 10. The molecule has 0 fully saturated rings. The number of carboxylic acid groups (broad SMARTS) is 1. The number of aromatic nitrogens is 1. The summed E-state index contributed by atoms with van der Waals surface area (Å²) in [5.74, 6) is -1.00. The van der Waals surface area contributed by atoms with Gasteiger partial charge in [0.05, 0.1) is 6.61 Å². The zero-order valence-corrected chi connectivity index (χ0v) is 11.6. The second kappa shape index (κ2) is 9.50. The SMILES string of the molecule is CCCCCCCCOCc1ccnc(C(=O)O)c1. The maximum atomic E-state index is 10.8. The maximum Gasteiger partial charge on any atom is 0.354 e. The molecule has 0 unspecified atom stereocenters. The molecule has 0 amide bonds. The Morgan fingerprint density at radius 1 is 1.26 bits per heavy atom. The molecule has 0 spiro atoms. The first-order chi connectivity index (χ1) is 9.24. The third kappa shape index (κ3) is 6.91. The number of ether oxygens (including phenoxy) is 1. The number of pyridine rings is 1. The van der Waals surface area contributed by atoms with E-state index in [0.29, 0.717) is 6.61 Å². The van der Waals surface area contributed by atoms with Crippen molar-refractivity contribution in [2.24, 2.45) is 0 Å². The van der Waals surface area contributed by atoms with Crippen LogP contribution >= 0.6 is 0 Å². The first kappa shape index (κ1) is 15.6. The smallest absolute Gasteiger partial charge is 0.354 e. The lowest BCUT2D eigenvalue weighted by Crippen LogP contribution is -2.02. The van der Waals surface area contributed by atoms with Gasteiger partial charge in [0, 0.05) is 12.8 Å². The molecule has 0 aliphatic rings. The summed E-state index contributed by atoms with van der Waals surface area (Å²) >= 11 is 0. The third-order valence-electron chi connectivity index (χ3n) is 2.95. The molecule has 1 aromatic rings. The van der Waals surface area contributed by atoms with Crippen LogP contribution < -0.4 is 0 Å². The van der Waals surface area contributed by atoms with E-state index < -0.39 is 5.97 Å². The third-order valence-corrected chi connectivity index (χ3v) is 2.95. The largest absolute Gasteiger partial charge is 0.477 e. The van der Waals surface area contributed by atoms with Gasteiger partial charge in [0.25, 0.3) is 0 Å². The van der Waals surface area contributed by atoms with E-state index in [9.17, 15) is 4.79 Å². The van der Waals surface area contributed by atoms with E-state index in [0.717, 1.165) is 18.6 Å². The lowest BCUT2D eigenvalue weighted by molar-refractivity contribution is 0.0689. The number of carbonyl (C=O) groups is 1. The minimum atomic E-state index is -1.00. The molecule has 4 heteroatoms. The summed E-state index contributed by atoms with van der Waals surface area (Å²) in [5, 5.41) is 8.82. The maximum absolute atomic E-state index is 10.8. The molecule has 0 atom stereocenters. The molecular formula is C15H23NO3. The van der Waals surface area contributed by atoms with Crippen LogP contribution in [0.4, 0.5) is 0 Å². The lowest BCUT2D eigenvalue weighted by Gasteiger charge is -2.05. The first-order valence-electron chi connectivity index (χ1n) is 7.00. The highest BCUT2D eigenvalue weighted by Gasteiger charge is 2.04. The number of unbranched alkanes of at least 4 members (excludes halogenated alkanes) is 5. The summed E-state index contributed by atoms with van der Waals surface area (Å²) in [6, 6.07) is 3.34. The monoisotopic (exact) mass is 265 g/mol. The molecule has 0 bridgehead atoms. The minimum Gasteiger partial charge on any atom is -0.477 e. The van der Waals surface area contributed by atoms with Crippen molar-refractivity contribution >= 4 is 5.97 Å². The van der Waals surface area contributed by atoms with Crippen molar-refractivity contribution in [2.75, 3.05) is 6.61 Å². The van der Waals surface area contributed by atoms with Crippen LogP contribution in [0.1, 0.15) is 61.5 Å². The van der Waals surface area contributed by atoms with Crippen molar-refractivity contribution in [3.8, 4) is 0 Å². The fourth-order valence-electron chi connectivity index (χ4n) is 1.86. The Labute approximate surface area is 114 Å². The normalized spacial score (nSPS) is 10.6. The Bertz CT molecular complexity index is 379. The fraction of sp³-hybridized carbons (Fsp3) is 0.600. The molecule has 1 N–H and O–H groups in total. The van der Waals surface area contributed by atoms with E-state index >= 15 is 0 Å². The van der Waals surface area contributed by atoms with Crippen LogP contribution in [0.5, 0.6) is 0 Å². The first-order valence-corrected chi connectivity index (χ1v) is 7.00. The van der Waals surface area contributed by atoms with Gasteiger partial charge in [0.15, 0.2) is 0 Å².